The van der Waals surface area contributed by atoms with Crippen molar-refractivity contribution in [2.75, 3.05) is 0 Å². The molecule has 0 saturated carbocycles. The summed E-state index contributed by atoms with van der Waals surface area (Å²) in [6.07, 6.45) is 0. The molecular formula is C11H18BrN. The molecule has 0 aromatic carbocycles. The van der Waals surface area contributed by atoms with Gasteiger partial charge in [0.05, 0.1) is 0 Å². The first kappa shape index (κ1) is 10.8. The topological polar surface area (TPSA) is 4.93 Å². The van der Waals surface area contributed by atoms with Crippen LogP contribution >= 0.6 is 15.9 Å². The van der Waals surface area contributed by atoms with Crippen molar-refractivity contribution in [1.82, 2.24) is 4.57 Å². The Morgan fingerprint density at radius 3 is 1.92 bits per heavy atom. The molecule has 0 N–H and O–H groups in total. The summed E-state index contributed by atoms with van der Waals surface area (Å²) in [5.74, 6) is 1.17. The fourth-order valence-electron chi connectivity index (χ4n) is 1.82. The van der Waals surface area contributed by atoms with Gasteiger partial charge in [-0.25, -0.2) is 0 Å². The summed E-state index contributed by atoms with van der Waals surface area (Å²) in [6, 6.07) is 2.24. The third kappa shape index (κ3) is 1.98. The van der Waals surface area contributed by atoms with Crippen LogP contribution in [0.1, 0.15) is 50.9 Å². The zero-order chi connectivity index (χ0) is 10.2. The molecule has 0 saturated heterocycles. The third-order valence-corrected chi connectivity index (χ3v) is 3.04. The van der Waals surface area contributed by atoms with E-state index in [1.54, 1.807) is 0 Å². The Bertz CT molecular complexity index is 297. The van der Waals surface area contributed by atoms with Crippen molar-refractivity contribution < 1.29 is 0 Å². The highest BCUT2D eigenvalue weighted by Gasteiger charge is 2.14. The minimum Gasteiger partial charge on any atom is -0.350 e. The van der Waals surface area contributed by atoms with Gasteiger partial charge in [-0.1, -0.05) is 27.7 Å². The lowest BCUT2D eigenvalue weighted by atomic mass is 10.1. The summed E-state index contributed by atoms with van der Waals surface area (Å²) >= 11 is 3.62. The number of hydrogen-bond acceptors (Lipinski definition) is 0. The Morgan fingerprint density at radius 1 is 1.15 bits per heavy atom. The molecule has 1 nitrogen and oxygen atoms in total. The number of nitrogens with zero attached hydrogens (tertiary/aromatic N) is 1. The zero-order valence-electron chi connectivity index (χ0n) is 9.06. The SMILES string of the molecule is CC(C)c1cc(Br)c(C(C)C)n1C. The summed E-state index contributed by atoms with van der Waals surface area (Å²) in [5, 5.41) is 0. The smallest absolute Gasteiger partial charge is 0.0390 e. The molecule has 13 heavy (non-hydrogen) atoms. The van der Waals surface area contributed by atoms with E-state index < -0.39 is 0 Å². The van der Waals surface area contributed by atoms with Crippen molar-refractivity contribution in [1.29, 1.82) is 0 Å². The van der Waals surface area contributed by atoms with Crippen molar-refractivity contribution >= 4 is 15.9 Å². The van der Waals surface area contributed by atoms with Crippen molar-refractivity contribution in [3.05, 3.63) is 21.9 Å². The summed E-state index contributed by atoms with van der Waals surface area (Å²) in [6.45, 7) is 8.91. The fourth-order valence-corrected chi connectivity index (χ4v) is 2.78. The lowest BCUT2D eigenvalue weighted by molar-refractivity contribution is 0.677. The van der Waals surface area contributed by atoms with Crippen LogP contribution in [0.25, 0.3) is 0 Å². The Kier molecular flexibility index (Phi) is 3.23. The molecule has 1 rings (SSSR count). The van der Waals surface area contributed by atoms with E-state index >= 15 is 0 Å². The van der Waals surface area contributed by atoms with Gasteiger partial charge in [-0.2, -0.15) is 0 Å². The van der Waals surface area contributed by atoms with Gasteiger partial charge in [-0.05, 0) is 33.8 Å². The largest absolute Gasteiger partial charge is 0.350 e. The lowest BCUT2D eigenvalue weighted by Gasteiger charge is -2.12. The fraction of sp³-hybridized carbons (Fsp3) is 0.636. The maximum Gasteiger partial charge on any atom is 0.0390 e. The molecule has 0 amide bonds. The van der Waals surface area contributed by atoms with Crippen LogP contribution in [0.2, 0.25) is 0 Å². The monoisotopic (exact) mass is 243 g/mol. The molecule has 1 aromatic rings. The van der Waals surface area contributed by atoms with Crippen LogP contribution in [0.3, 0.4) is 0 Å². The Hall–Kier alpha value is -0.240. The first-order valence-corrected chi connectivity index (χ1v) is 5.59. The van der Waals surface area contributed by atoms with Gasteiger partial charge in [-0.3, -0.25) is 0 Å². The highest BCUT2D eigenvalue weighted by molar-refractivity contribution is 9.10. The molecule has 0 radical (unpaired) electrons. The molecular weight excluding hydrogens is 226 g/mol. The van der Waals surface area contributed by atoms with Crippen LogP contribution < -0.4 is 0 Å². The Morgan fingerprint density at radius 2 is 1.69 bits per heavy atom. The van der Waals surface area contributed by atoms with Gasteiger partial charge < -0.3 is 4.57 Å². The highest BCUT2D eigenvalue weighted by Crippen LogP contribution is 2.30. The molecule has 0 atom stereocenters. The van der Waals surface area contributed by atoms with Crippen molar-refractivity contribution in [2.45, 2.75) is 39.5 Å². The number of halogens is 1. The molecule has 0 aliphatic rings. The molecule has 0 spiro atoms. The molecule has 0 aliphatic carbocycles. The molecule has 0 unspecified atom stereocenters. The van der Waals surface area contributed by atoms with E-state index in [0.717, 1.165) is 0 Å². The second kappa shape index (κ2) is 3.87. The van der Waals surface area contributed by atoms with Crippen LogP contribution in [0.4, 0.5) is 0 Å². The number of aromatic nitrogens is 1. The normalized spacial score (nSPS) is 11.7. The maximum atomic E-state index is 3.62. The average Bonchev–Trinajstić information content (AvgIpc) is 2.26. The minimum atomic E-state index is 0.576. The summed E-state index contributed by atoms with van der Waals surface area (Å²) in [4.78, 5) is 0. The van der Waals surface area contributed by atoms with Crippen molar-refractivity contribution in [3.63, 3.8) is 0 Å². The zero-order valence-corrected chi connectivity index (χ0v) is 10.6. The molecule has 2 heteroatoms. The van der Waals surface area contributed by atoms with Crippen molar-refractivity contribution in [3.8, 4) is 0 Å². The van der Waals surface area contributed by atoms with E-state index in [1.165, 1.54) is 15.9 Å². The first-order valence-electron chi connectivity index (χ1n) is 4.80. The molecule has 74 valence electrons. The first-order chi connectivity index (χ1) is 5.95. The highest BCUT2D eigenvalue weighted by atomic mass is 79.9. The summed E-state index contributed by atoms with van der Waals surface area (Å²) in [5.41, 5.74) is 2.79. The van der Waals surface area contributed by atoms with Crippen molar-refractivity contribution in [2.24, 2.45) is 7.05 Å². The average molecular weight is 244 g/mol. The molecule has 1 heterocycles. The molecule has 0 fully saturated rings. The molecule has 1 aromatic heterocycles. The van der Waals surface area contributed by atoms with Crippen LogP contribution in [-0.2, 0) is 7.05 Å². The molecule has 0 bridgehead atoms. The maximum absolute atomic E-state index is 3.62. The van der Waals surface area contributed by atoms with Crippen LogP contribution in [-0.4, -0.2) is 4.57 Å². The van der Waals surface area contributed by atoms with Crippen LogP contribution in [0.5, 0.6) is 0 Å². The van der Waals surface area contributed by atoms with Gasteiger partial charge in [0.1, 0.15) is 0 Å². The lowest BCUT2D eigenvalue weighted by Crippen LogP contribution is -2.03. The summed E-state index contributed by atoms with van der Waals surface area (Å²) < 4.78 is 3.55. The van der Waals surface area contributed by atoms with E-state index in [2.05, 4.69) is 61.3 Å². The second-order valence-electron chi connectivity index (χ2n) is 4.17. The van der Waals surface area contributed by atoms with E-state index in [9.17, 15) is 0 Å². The van der Waals surface area contributed by atoms with Crippen LogP contribution in [0, 0.1) is 0 Å². The van der Waals surface area contributed by atoms with Gasteiger partial charge in [-0.15, -0.1) is 0 Å². The van der Waals surface area contributed by atoms with Gasteiger partial charge in [0, 0.05) is 22.9 Å². The predicted octanol–water partition coefficient (Wildman–Crippen LogP) is 4.03. The third-order valence-electron chi connectivity index (χ3n) is 2.41. The minimum absolute atomic E-state index is 0.576. The van der Waals surface area contributed by atoms with E-state index in [1.807, 2.05) is 0 Å². The van der Waals surface area contributed by atoms with E-state index in [0.29, 0.717) is 11.8 Å². The predicted molar refractivity (Wildman–Crippen MR) is 61.3 cm³/mol. The molecule has 0 aliphatic heterocycles. The Labute approximate surface area is 89.3 Å². The van der Waals surface area contributed by atoms with Gasteiger partial charge in [0.15, 0.2) is 0 Å². The van der Waals surface area contributed by atoms with Gasteiger partial charge in [0.25, 0.3) is 0 Å². The second-order valence-corrected chi connectivity index (χ2v) is 5.03. The Balaban J connectivity index is 3.22. The number of hydrogen-bond donors (Lipinski definition) is 0. The van der Waals surface area contributed by atoms with Gasteiger partial charge >= 0.3 is 0 Å². The van der Waals surface area contributed by atoms with E-state index in [-0.39, 0.29) is 0 Å². The number of rotatable bonds is 2. The van der Waals surface area contributed by atoms with Gasteiger partial charge in [0.2, 0.25) is 0 Å². The van der Waals surface area contributed by atoms with E-state index in [4.69, 9.17) is 0 Å². The van der Waals surface area contributed by atoms with Crippen LogP contribution in [0.15, 0.2) is 10.5 Å². The summed E-state index contributed by atoms with van der Waals surface area (Å²) in [7, 11) is 2.15. The standard InChI is InChI=1S/C11H18BrN/c1-7(2)10-6-9(12)11(8(3)4)13(10)5/h6-8H,1-5H3. The quantitative estimate of drug-likeness (QED) is 0.740.